The summed E-state index contributed by atoms with van der Waals surface area (Å²) in [7, 11) is 0. The summed E-state index contributed by atoms with van der Waals surface area (Å²) in [6.07, 6.45) is 4.61. The summed E-state index contributed by atoms with van der Waals surface area (Å²) in [5.41, 5.74) is 2.89. The summed E-state index contributed by atoms with van der Waals surface area (Å²) in [5, 5.41) is 5.72. The number of nitrogens with zero attached hydrogens (tertiary/aromatic N) is 1. The number of pyridine rings is 1. The Labute approximate surface area is 148 Å². The van der Waals surface area contributed by atoms with Crippen molar-refractivity contribution in [2.24, 2.45) is 0 Å². The fraction of sp³-hybridized carbons (Fsp3) is 0.350. The second-order valence-electron chi connectivity index (χ2n) is 6.00. The first-order chi connectivity index (χ1) is 12.1. The molecule has 5 heteroatoms. The molecule has 2 amide bonds. The van der Waals surface area contributed by atoms with Crippen LogP contribution < -0.4 is 10.6 Å². The molecule has 0 atom stereocenters. The summed E-state index contributed by atoms with van der Waals surface area (Å²) >= 11 is 0. The van der Waals surface area contributed by atoms with Gasteiger partial charge in [-0.25, -0.2) is 0 Å². The van der Waals surface area contributed by atoms with Crippen LogP contribution >= 0.6 is 0 Å². The van der Waals surface area contributed by atoms with E-state index in [2.05, 4.69) is 22.5 Å². The van der Waals surface area contributed by atoms with Crippen molar-refractivity contribution in [2.45, 2.75) is 39.7 Å². The summed E-state index contributed by atoms with van der Waals surface area (Å²) in [5.74, 6) is -0.463. The fourth-order valence-electron chi connectivity index (χ4n) is 2.45. The Morgan fingerprint density at radius 1 is 1.04 bits per heavy atom. The van der Waals surface area contributed by atoms with Crippen LogP contribution in [0.3, 0.4) is 0 Å². The van der Waals surface area contributed by atoms with Crippen LogP contribution in [-0.2, 0) is 6.54 Å². The third-order valence-corrected chi connectivity index (χ3v) is 4.02. The first-order valence-electron chi connectivity index (χ1n) is 8.68. The third-order valence-electron chi connectivity index (χ3n) is 4.02. The average molecular weight is 339 g/mol. The summed E-state index contributed by atoms with van der Waals surface area (Å²) in [6, 6.07) is 11.0. The van der Waals surface area contributed by atoms with Gasteiger partial charge in [0.1, 0.15) is 5.69 Å². The van der Waals surface area contributed by atoms with E-state index in [1.165, 1.54) is 12.3 Å². The normalized spacial score (nSPS) is 10.3. The zero-order valence-electron chi connectivity index (χ0n) is 14.8. The SMILES string of the molecule is CCCCCNC(=O)c1cc(C(=O)NCc2ccccc2C)ccn1. The Hall–Kier alpha value is -2.69. The second kappa shape index (κ2) is 9.57. The lowest BCUT2D eigenvalue weighted by Crippen LogP contribution is -2.27. The lowest BCUT2D eigenvalue weighted by atomic mass is 10.1. The van der Waals surface area contributed by atoms with Crippen molar-refractivity contribution in [3.05, 3.63) is 65.0 Å². The molecule has 132 valence electrons. The van der Waals surface area contributed by atoms with E-state index in [0.717, 1.165) is 30.4 Å². The molecule has 2 aromatic rings. The summed E-state index contributed by atoms with van der Waals surface area (Å²) < 4.78 is 0. The van der Waals surface area contributed by atoms with Crippen molar-refractivity contribution in [2.75, 3.05) is 6.54 Å². The average Bonchev–Trinajstić information content (AvgIpc) is 2.64. The van der Waals surface area contributed by atoms with Crippen LogP contribution in [-0.4, -0.2) is 23.3 Å². The van der Waals surface area contributed by atoms with Crippen LogP contribution in [0.2, 0.25) is 0 Å². The van der Waals surface area contributed by atoms with Crippen LogP contribution in [0.4, 0.5) is 0 Å². The van der Waals surface area contributed by atoms with E-state index in [1.54, 1.807) is 6.07 Å². The molecule has 25 heavy (non-hydrogen) atoms. The van der Waals surface area contributed by atoms with Gasteiger partial charge in [0.15, 0.2) is 0 Å². The lowest BCUT2D eigenvalue weighted by molar-refractivity contribution is 0.0948. The molecule has 0 aliphatic carbocycles. The van der Waals surface area contributed by atoms with E-state index in [9.17, 15) is 9.59 Å². The number of amides is 2. The molecular weight excluding hydrogens is 314 g/mol. The van der Waals surface area contributed by atoms with Crippen LogP contribution in [0.5, 0.6) is 0 Å². The predicted octanol–water partition coefficient (Wildman–Crippen LogP) is 3.24. The number of nitrogens with one attached hydrogen (secondary N) is 2. The van der Waals surface area contributed by atoms with Gasteiger partial charge in [-0.2, -0.15) is 0 Å². The van der Waals surface area contributed by atoms with Gasteiger partial charge >= 0.3 is 0 Å². The number of aryl methyl sites for hydroxylation is 1. The lowest BCUT2D eigenvalue weighted by Gasteiger charge is -2.09. The van der Waals surface area contributed by atoms with Crippen LogP contribution in [0.1, 0.15) is 58.2 Å². The Balaban J connectivity index is 1.94. The monoisotopic (exact) mass is 339 g/mol. The molecule has 0 unspecified atom stereocenters. The molecule has 0 aliphatic rings. The van der Waals surface area contributed by atoms with Gasteiger partial charge in [-0.1, -0.05) is 44.0 Å². The highest BCUT2D eigenvalue weighted by molar-refractivity contribution is 5.98. The Kier molecular flexibility index (Phi) is 7.14. The highest BCUT2D eigenvalue weighted by Gasteiger charge is 2.11. The Morgan fingerprint density at radius 2 is 1.84 bits per heavy atom. The molecule has 2 rings (SSSR count). The largest absolute Gasteiger partial charge is 0.351 e. The van der Waals surface area contributed by atoms with Crippen LogP contribution in [0.25, 0.3) is 0 Å². The van der Waals surface area contributed by atoms with E-state index >= 15 is 0 Å². The Morgan fingerprint density at radius 3 is 2.60 bits per heavy atom. The molecule has 0 spiro atoms. The summed E-state index contributed by atoms with van der Waals surface area (Å²) in [6.45, 7) is 5.20. The molecule has 2 N–H and O–H groups in total. The quantitative estimate of drug-likeness (QED) is 0.725. The van der Waals surface area contributed by atoms with Gasteiger partial charge in [0, 0.05) is 24.8 Å². The number of unbranched alkanes of at least 4 members (excludes halogenated alkanes) is 2. The highest BCUT2D eigenvalue weighted by atomic mass is 16.2. The number of aromatic nitrogens is 1. The predicted molar refractivity (Wildman–Crippen MR) is 98.4 cm³/mol. The van der Waals surface area contributed by atoms with Crippen LogP contribution in [0, 0.1) is 6.92 Å². The van der Waals surface area contributed by atoms with E-state index in [-0.39, 0.29) is 17.5 Å². The molecular formula is C20H25N3O2. The fourth-order valence-corrected chi connectivity index (χ4v) is 2.45. The van der Waals surface area contributed by atoms with E-state index in [4.69, 9.17) is 0 Å². The van der Waals surface area contributed by atoms with Crippen molar-refractivity contribution in [1.82, 2.24) is 15.6 Å². The molecule has 0 saturated carbocycles. The second-order valence-corrected chi connectivity index (χ2v) is 6.00. The van der Waals surface area contributed by atoms with Crippen molar-refractivity contribution in [3.63, 3.8) is 0 Å². The zero-order valence-corrected chi connectivity index (χ0v) is 14.8. The minimum absolute atomic E-state index is 0.217. The Bertz CT molecular complexity index is 728. The van der Waals surface area contributed by atoms with Crippen molar-refractivity contribution >= 4 is 11.8 Å². The van der Waals surface area contributed by atoms with Crippen LogP contribution in [0.15, 0.2) is 42.6 Å². The molecule has 0 fully saturated rings. The number of hydrogen-bond donors (Lipinski definition) is 2. The third kappa shape index (κ3) is 5.71. The minimum atomic E-state index is -0.246. The molecule has 1 aromatic carbocycles. The minimum Gasteiger partial charge on any atom is -0.351 e. The molecule has 0 bridgehead atoms. The van der Waals surface area contributed by atoms with Crippen molar-refractivity contribution < 1.29 is 9.59 Å². The first-order valence-corrected chi connectivity index (χ1v) is 8.68. The maximum absolute atomic E-state index is 12.3. The van der Waals surface area contributed by atoms with Gasteiger partial charge in [-0.3, -0.25) is 14.6 Å². The van der Waals surface area contributed by atoms with Gasteiger partial charge < -0.3 is 10.6 Å². The number of hydrogen-bond acceptors (Lipinski definition) is 3. The van der Waals surface area contributed by atoms with Gasteiger partial charge in [0.05, 0.1) is 0 Å². The molecule has 1 heterocycles. The standard InChI is InChI=1S/C20H25N3O2/c1-3-4-7-11-22-20(25)18-13-16(10-12-21-18)19(24)23-14-17-9-6-5-8-15(17)2/h5-6,8-10,12-13H,3-4,7,11,14H2,1-2H3,(H,22,25)(H,23,24). The number of benzene rings is 1. The maximum Gasteiger partial charge on any atom is 0.269 e. The molecule has 5 nitrogen and oxygen atoms in total. The highest BCUT2D eigenvalue weighted by Crippen LogP contribution is 2.08. The van der Waals surface area contributed by atoms with Gasteiger partial charge in [0.25, 0.3) is 11.8 Å². The molecule has 0 saturated heterocycles. The number of rotatable bonds is 8. The smallest absolute Gasteiger partial charge is 0.269 e. The van der Waals surface area contributed by atoms with E-state index < -0.39 is 0 Å². The molecule has 0 aliphatic heterocycles. The maximum atomic E-state index is 12.3. The summed E-state index contributed by atoms with van der Waals surface area (Å²) in [4.78, 5) is 28.5. The van der Waals surface area contributed by atoms with Gasteiger partial charge in [-0.05, 0) is 36.6 Å². The molecule has 0 radical (unpaired) electrons. The van der Waals surface area contributed by atoms with Crippen molar-refractivity contribution in [3.8, 4) is 0 Å². The molecule has 1 aromatic heterocycles. The topological polar surface area (TPSA) is 71.1 Å². The van der Waals surface area contributed by atoms with E-state index in [1.807, 2.05) is 31.2 Å². The van der Waals surface area contributed by atoms with Gasteiger partial charge in [0.2, 0.25) is 0 Å². The number of carbonyl (C=O) groups is 2. The van der Waals surface area contributed by atoms with Crippen molar-refractivity contribution in [1.29, 1.82) is 0 Å². The van der Waals surface area contributed by atoms with E-state index in [0.29, 0.717) is 18.7 Å². The number of carbonyl (C=O) groups excluding carboxylic acids is 2. The van der Waals surface area contributed by atoms with Gasteiger partial charge in [-0.15, -0.1) is 0 Å². The first kappa shape index (κ1) is 18.6. The zero-order chi connectivity index (χ0) is 18.1.